The lowest BCUT2D eigenvalue weighted by Crippen LogP contribution is -2.48. The molecule has 6 rings (SSSR count). The van der Waals surface area contributed by atoms with Gasteiger partial charge in [-0.05, 0) is 55.7 Å². The zero-order chi connectivity index (χ0) is 22.3. The van der Waals surface area contributed by atoms with E-state index in [1.165, 1.54) is 12.8 Å². The van der Waals surface area contributed by atoms with Gasteiger partial charge in [-0.1, -0.05) is 6.07 Å². The van der Waals surface area contributed by atoms with Crippen LogP contribution in [0.5, 0.6) is 5.75 Å². The molecule has 9 nitrogen and oxygen atoms in total. The monoisotopic (exact) mass is 447 g/mol. The lowest BCUT2D eigenvalue weighted by molar-refractivity contribution is 0.0709. The van der Waals surface area contributed by atoms with Gasteiger partial charge in [-0.15, -0.1) is 10.2 Å². The predicted octanol–water partition coefficient (Wildman–Crippen LogP) is 2.76. The first-order valence-corrected chi connectivity index (χ1v) is 11.8. The van der Waals surface area contributed by atoms with Gasteiger partial charge in [0.05, 0.1) is 12.4 Å². The smallest absolute Gasteiger partial charge is 0.245 e. The van der Waals surface area contributed by atoms with Gasteiger partial charge in [0.2, 0.25) is 5.95 Å². The summed E-state index contributed by atoms with van der Waals surface area (Å²) in [4.78, 5) is 6.84. The zero-order valence-corrected chi connectivity index (χ0v) is 18.6. The molecule has 33 heavy (non-hydrogen) atoms. The molecule has 2 aliphatic heterocycles. The molecule has 3 fully saturated rings. The third kappa shape index (κ3) is 4.06. The van der Waals surface area contributed by atoms with Gasteiger partial charge in [0.1, 0.15) is 11.4 Å². The fourth-order valence-corrected chi connectivity index (χ4v) is 5.32. The zero-order valence-electron chi connectivity index (χ0n) is 18.6. The summed E-state index contributed by atoms with van der Waals surface area (Å²) >= 11 is 0. The highest BCUT2D eigenvalue weighted by Gasteiger charge is 2.52. The minimum Gasteiger partial charge on any atom is -0.507 e. The third-order valence-corrected chi connectivity index (χ3v) is 7.41. The van der Waals surface area contributed by atoms with E-state index in [9.17, 15) is 5.11 Å². The van der Waals surface area contributed by atoms with E-state index in [1.54, 1.807) is 24.7 Å². The molecule has 0 amide bonds. The standard InChI is InChI=1S/C24H29N7O2/c32-22-11-16(17-12-26-27-13-17)1-2-20(22)21-14-25-23(30-29-21)31-8-3-18(15-31)24(6-7-24)28-19-4-9-33-10-5-19/h1-2,11-14,18-19,28,32H,3-10,15H2,(H,26,27). The minimum atomic E-state index is 0.147. The highest BCUT2D eigenvalue weighted by molar-refractivity contribution is 5.73. The topological polar surface area (TPSA) is 112 Å². The van der Waals surface area contributed by atoms with Crippen molar-refractivity contribution in [2.75, 3.05) is 31.2 Å². The number of nitrogens with one attached hydrogen (secondary N) is 2. The summed E-state index contributed by atoms with van der Waals surface area (Å²) in [7, 11) is 0. The van der Waals surface area contributed by atoms with Crippen molar-refractivity contribution in [3.05, 3.63) is 36.8 Å². The van der Waals surface area contributed by atoms with E-state index in [-0.39, 0.29) is 11.3 Å². The van der Waals surface area contributed by atoms with E-state index in [0.29, 0.717) is 29.2 Å². The molecule has 0 bridgehead atoms. The van der Waals surface area contributed by atoms with Crippen molar-refractivity contribution in [2.24, 2.45) is 5.92 Å². The van der Waals surface area contributed by atoms with Crippen molar-refractivity contribution in [3.63, 3.8) is 0 Å². The number of hydrogen-bond donors (Lipinski definition) is 3. The van der Waals surface area contributed by atoms with E-state index >= 15 is 0 Å². The summed E-state index contributed by atoms with van der Waals surface area (Å²) < 4.78 is 5.52. The number of phenols is 1. The summed E-state index contributed by atoms with van der Waals surface area (Å²) in [6.45, 7) is 3.66. The maximum absolute atomic E-state index is 10.5. The van der Waals surface area contributed by atoms with Crippen LogP contribution >= 0.6 is 0 Å². The Labute approximate surface area is 192 Å². The second-order valence-corrected chi connectivity index (χ2v) is 9.48. The Hall–Kier alpha value is -3.04. The Balaban J connectivity index is 1.12. The van der Waals surface area contributed by atoms with Crippen LogP contribution in [-0.4, -0.2) is 68.4 Å². The predicted molar refractivity (Wildman–Crippen MR) is 124 cm³/mol. The number of benzene rings is 1. The van der Waals surface area contributed by atoms with Gasteiger partial charge in [0.25, 0.3) is 0 Å². The van der Waals surface area contributed by atoms with E-state index < -0.39 is 0 Å². The van der Waals surface area contributed by atoms with Gasteiger partial charge in [-0.25, -0.2) is 4.98 Å². The van der Waals surface area contributed by atoms with Gasteiger partial charge in [-0.2, -0.15) is 5.10 Å². The fraction of sp³-hybridized carbons (Fsp3) is 0.500. The maximum Gasteiger partial charge on any atom is 0.245 e. The van der Waals surface area contributed by atoms with Crippen molar-refractivity contribution in [3.8, 4) is 28.1 Å². The van der Waals surface area contributed by atoms with Crippen LogP contribution < -0.4 is 10.2 Å². The molecule has 1 atom stereocenters. The van der Waals surface area contributed by atoms with E-state index in [1.807, 2.05) is 12.1 Å². The lowest BCUT2D eigenvalue weighted by atomic mass is 9.94. The Bertz CT molecular complexity index is 1090. The second-order valence-electron chi connectivity index (χ2n) is 9.48. The second kappa shape index (κ2) is 8.39. The summed E-state index contributed by atoms with van der Waals surface area (Å²) in [6.07, 6.45) is 11.1. The average molecular weight is 448 g/mol. The molecular weight excluding hydrogens is 418 g/mol. The molecule has 3 aromatic rings. The molecule has 2 aromatic heterocycles. The number of aromatic nitrogens is 5. The normalized spacial score (nSPS) is 22.5. The molecular formula is C24H29N7O2. The average Bonchev–Trinajstić information content (AvgIpc) is 3.25. The van der Waals surface area contributed by atoms with Gasteiger partial charge in [-0.3, -0.25) is 5.10 Å². The van der Waals surface area contributed by atoms with E-state index in [0.717, 1.165) is 56.7 Å². The van der Waals surface area contributed by atoms with E-state index in [4.69, 9.17) is 4.74 Å². The van der Waals surface area contributed by atoms with Crippen LogP contribution in [-0.2, 0) is 4.74 Å². The van der Waals surface area contributed by atoms with Crippen LogP contribution in [0.3, 0.4) is 0 Å². The van der Waals surface area contributed by atoms with Crippen LogP contribution in [0.1, 0.15) is 32.1 Å². The first-order valence-electron chi connectivity index (χ1n) is 11.8. The minimum absolute atomic E-state index is 0.147. The Morgan fingerprint density at radius 3 is 2.67 bits per heavy atom. The molecule has 2 saturated heterocycles. The number of aromatic hydroxyl groups is 1. The number of nitrogens with zero attached hydrogens (tertiary/aromatic N) is 5. The molecule has 1 unspecified atom stereocenters. The number of aromatic amines is 1. The van der Waals surface area contributed by atoms with Crippen LogP contribution in [0, 0.1) is 5.92 Å². The fourth-order valence-electron chi connectivity index (χ4n) is 5.32. The first-order chi connectivity index (χ1) is 16.2. The first kappa shape index (κ1) is 20.6. The summed E-state index contributed by atoms with van der Waals surface area (Å²) in [5, 5.41) is 30.0. The molecule has 172 valence electrons. The highest BCUT2D eigenvalue weighted by atomic mass is 16.5. The van der Waals surface area contributed by atoms with Crippen molar-refractivity contribution in [1.82, 2.24) is 30.7 Å². The third-order valence-electron chi connectivity index (χ3n) is 7.41. The molecule has 1 saturated carbocycles. The van der Waals surface area contributed by atoms with Crippen LogP contribution in [0.15, 0.2) is 36.8 Å². The Morgan fingerprint density at radius 1 is 1.09 bits per heavy atom. The van der Waals surface area contributed by atoms with Gasteiger partial charge in [0, 0.05) is 55.2 Å². The van der Waals surface area contributed by atoms with Crippen molar-refractivity contribution < 1.29 is 9.84 Å². The number of anilines is 1. The largest absolute Gasteiger partial charge is 0.507 e. The SMILES string of the molecule is Oc1cc(-c2cn[nH]c2)ccc1-c1cnc(N2CCC(C3(NC4CCOCC4)CC3)C2)nn1. The van der Waals surface area contributed by atoms with Crippen LogP contribution in [0.25, 0.3) is 22.4 Å². The van der Waals surface area contributed by atoms with Crippen molar-refractivity contribution >= 4 is 5.95 Å². The molecule has 3 N–H and O–H groups in total. The summed E-state index contributed by atoms with van der Waals surface area (Å²) in [5.41, 5.74) is 3.26. The Morgan fingerprint density at radius 2 is 1.97 bits per heavy atom. The number of hydrogen-bond acceptors (Lipinski definition) is 8. The van der Waals surface area contributed by atoms with Crippen molar-refractivity contribution in [2.45, 2.75) is 43.7 Å². The van der Waals surface area contributed by atoms with Gasteiger partial charge >= 0.3 is 0 Å². The molecule has 4 heterocycles. The molecule has 1 aliphatic carbocycles. The molecule has 1 aromatic carbocycles. The Kier molecular flexibility index (Phi) is 5.22. The highest BCUT2D eigenvalue weighted by Crippen LogP contribution is 2.47. The quantitative estimate of drug-likeness (QED) is 0.529. The van der Waals surface area contributed by atoms with Crippen LogP contribution in [0.4, 0.5) is 5.95 Å². The molecule has 9 heteroatoms. The molecule has 3 aliphatic rings. The van der Waals surface area contributed by atoms with Crippen molar-refractivity contribution in [1.29, 1.82) is 0 Å². The number of phenolic OH excluding ortho intramolecular Hbond substituents is 1. The molecule has 0 spiro atoms. The molecule has 0 radical (unpaired) electrons. The lowest BCUT2D eigenvalue weighted by Gasteiger charge is -2.32. The number of H-pyrrole nitrogens is 1. The van der Waals surface area contributed by atoms with E-state index in [2.05, 4.69) is 35.6 Å². The van der Waals surface area contributed by atoms with Gasteiger partial charge < -0.3 is 20.1 Å². The van der Waals surface area contributed by atoms with Crippen LogP contribution in [0.2, 0.25) is 0 Å². The summed E-state index contributed by atoms with van der Waals surface area (Å²) in [6, 6.07) is 6.07. The number of ether oxygens (including phenoxy) is 1. The maximum atomic E-state index is 10.5. The summed E-state index contributed by atoms with van der Waals surface area (Å²) in [5.74, 6) is 1.43. The van der Waals surface area contributed by atoms with Gasteiger partial charge in [0.15, 0.2) is 0 Å². The number of rotatable bonds is 6.